The summed E-state index contributed by atoms with van der Waals surface area (Å²) in [5, 5.41) is 3.16. The molecular formula is C5H9N. The number of rotatable bonds is 2. The minimum absolute atomic E-state index is 0.780. The first-order valence-corrected chi connectivity index (χ1v) is 2.28. The van der Waals surface area contributed by atoms with E-state index in [0.29, 0.717) is 0 Å². The van der Waals surface area contributed by atoms with Crippen molar-refractivity contribution >= 4 is 0 Å². The molecule has 0 spiro atoms. The van der Waals surface area contributed by atoms with E-state index < -0.39 is 0 Å². The molecule has 0 saturated carbocycles. The summed E-state index contributed by atoms with van der Waals surface area (Å²) in [7, 11) is 0. The van der Waals surface area contributed by atoms with Gasteiger partial charge in [0.1, 0.15) is 0 Å². The third kappa shape index (κ3) is 0.830. The third-order valence-corrected chi connectivity index (χ3v) is 0.944. The van der Waals surface area contributed by atoms with Gasteiger partial charge in [-0.05, 0) is 6.42 Å². The Bertz CT molecular complexity index is 55.0. The summed E-state index contributed by atoms with van der Waals surface area (Å²) in [5.41, 5.74) is 0. The van der Waals surface area contributed by atoms with E-state index in [1.54, 1.807) is 0 Å². The van der Waals surface area contributed by atoms with Gasteiger partial charge in [-0.2, -0.15) is 0 Å². The van der Waals surface area contributed by atoms with Crippen molar-refractivity contribution in [3.05, 3.63) is 12.7 Å². The quantitative estimate of drug-likeness (QED) is 0.382. The van der Waals surface area contributed by atoms with Gasteiger partial charge in [0.15, 0.2) is 0 Å². The zero-order chi connectivity index (χ0) is 4.41. The lowest BCUT2D eigenvalue weighted by Gasteiger charge is -1.75. The molecule has 1 nitrogen and oxygen atoms in total. The van der Waals surface area contributed by atoms with Gasteiger partial charge in [-0.25, -0.2) is 0 Å². The lowest BCUT2D eigenvalue weighted by atomic mass is 10.3. The average molecular weight is 83.1 g/mol. The summed E-state index contributed by atoms with van der Waals surface area (Å²) < 4.78 is 0. The lowest BCUT2D eigenvalue weighted by molar-refractivity contribution is 0.969. The lowest BCUT2D eigenvalue weighted by Crippen LogP contribution is -1.83. The SMILES string of the molecule is C=CC[C@H]1CN1. The van der Waals surface area contributed by atoms with Gasteiger partial charge in [-0.15, -0.1) is 6.58 Å². The van der Waals surface area contributed by atoms with Gasteiger partial charge in [-0.1, -0.05) is 6.08 Å². The van der Waals surface area contributed by atoms with Crippen LogP contribution in [0.3, 0.4) is 0 Å². The van der Waals surface area contributed by atoms with E-state index >= 15 is 0 Å². The molecule has 1 N–H and O–H groups in total. The highest BCUT2D eigenvalue weighted by atomic mass is 15.1. The van der Waals surface area contributed by atoms with Crippen molar-refractivity contribution < 1.29 is 0 Å². The molecule has 1 heterocycles. The van der Waals surface area contributed by atoms with Crippen LogP contribution < -0.4 is 5.32 Å². The predicted octanol–water partition coefficient (Wildman–Crippen LogP) is 0.534. The monoisotopic (exact) mass is 83.1 g/mol. The first kappa shape index (κ1) is 3.88. The van der Waals surface area contributed by atoms with Gasteiger partial charge in [0, 0.05) is 12.6 Å². The van der Waals surface area contributed by atoms with Crippen molar-refractivity contribution in [2.24, 2.45) is 0 Å². The van der Waals surface area contributed by atoms with E-state index in [9.17, 15) is 0 Å². The van der Waals surface area contributed by atoms with Crippen LogP contribution in [0.2, 0.25) is 0 Å². The number of hydrogen-bond donors (Lipinski definition) is 1. The van der Waals surface area contributed by atoms with E-state index in [1.165, 1.54) is 6.54 Å². The Morgan fingerprint density at radius 3 is 2.83 bits per heavy atom. The molecule has 1 aliphatic rings. The average Bonchev–Trinajstić information content (AvgIpc) is 2.21. The largest absolute Gasteiger partial charge is 0.311 e. The van der Waals surface area contributed by atoms with Gasteiger partial charge in [0.05, 0.1) is 0 Å². The van der Waals surface area contributed by atoms with E-state index in [4.69, 9.17) is 0 Å². The molecule has 0 bridgehead atoms. The fourth-order valence-corrected chi connectivity index (χ4v) is 0.451. The smallest absolute Gasteiger partial charge is 0.0227 e. The molecule has 1 aliphatic heterocycles. The molecule has 0 aromatic rings. The van der Waals surface area contributed by atoms with Crippen molar-refractivity contribution in [1.29, 1.82) is 0 Å². The summed E-state index contributed by atoms with van der Waals surface area (Å²) in [6.07, 6.45) is 3.09. The Balaban J connectivity index is 2.00. The number of nitrogens with one attached hydrogen (secondary N) is 1. The van der Waals surface area contributed by atoms with E-state index in [-0.39, 0.29) is 0 Å². The van der Waals surface area contributed by atoms with Crippen LogP contribution in [-0.2, 0) is 0 Å². The molecule has 0 unspecified atom stereocenters. The van der Waals surface area contributed by atoms with E-state index in [0.717, 1.165) is 12.5 Å². The maximum Gasteiger partial charge on any atom is 0.0227 e. The molecule has 0 radical (unpaired) electrons. The van der Waals surface area contributed by atoms with Gasteiger partial charge in [0.2, 0.25) is 0 Å². The highest BCUT2D eigenvalue weighted by molar-refractivity contribution is 4.89. The zero-order valence-corrected chi connectivity index (χ0v) is 3.78. The van der Waals surface area contributed by atoms with Crippen LogP contribution >= 0.6 is 0 Å². The van der Waals surface area contributed by atoms with Crippen molar-refractivity contribution in [2.75, 3.05) is 6.54 Å². The van der Waals surface area contributed by atoms with Gasteiger partial charge >= 0.3 is 0 Å². The Hall–Kier alpha value is -0.300. The first-order chi connectivity index (χ1) is 2.93. The predicted molar refractivity (Wildman–Crippen MR) is 26.6 cm³/mol. The molecule has 0 aromatic heterocycles. The summed E-state index contributed by atoms with van der Waals surface area (Å²) >= 11 is 0. The van der Waals surface area contributed by atoms with Crippen molar-refractivity contribution in [3.8, 4) is 0 Å². The second-order valence-corrected chi connectivity index (χ2v) is 1.63. The Kier molecular flexibility index (Phi) is 0.926. The molecule has 1 rings (SSSR count). The summed E-state index contributed by atoms with van der Waals surface area (Å²) in [5.74, 6) is 0. The van der Waals surface area contributed by atoms with E-state index in [1.807, 2.05) is 6.08 Å². The zero-order valence-electron chi connectivity index (χ0n) is 3.78. The normalized spacial score (nSPS) is 29.7. The summed E-state index contributed by atoms with van der Waals surface area (Å²) in [6.45, 7) is 4.80. The van der Waals surface area contributed by atoms with E-state index in [2.05, 4.69) is 11.9 Å². The molecule has 1 fully saturated rings. The van der Waals surface area contributed by atoms with Crippen LogP contribution in [0, 0.1) is 0 Å². The molecule has 0 aliphatic carbocycles. The van der Waals surface area contributed by atoms with Crippen molar-refractivity contribution in [1.82, 2.24) is 5.32 Å². The number of hydrogen-bond acceptors (Lipinski definition) is 1. The van der Waals surface area contributed by atoms with Crippen LogP contribution in [0.25, 0.3) is 0 Å². The van der Waals surface area contributed by atoms with Crippen molar-refractivity contribution in [2.45, 2.75) is 12.5 Å². The first-order valence-electron chi connectivity index (χ1n) is 2.28. The molecule has 0 amide bonds. The van der Waals surface area contributed by atoms with Crippen molar-refractivity contribution in [3.63, 3.8) is 0 Å². The highest BCUT2D eigenvalue weighted by Gasteiger charge is 2.16. The highest BCUT2D eigenvalue weighted by Crippen LogP contribution is 2.00. The third-order valence-electron chi connectivity index (χ3n) is 0.944. The summed E-state index contributed by atoms with van der Waals surface area (Å²) in [4.78, 5) is 0. The van der Waals surface area contributed by atoms with Crippen LogP contribution in [0.15, 0.2) is 12.7 Å². The second kappa shape index (κ2) is 1.43. The topological polar surface area (TPSA) is 21.9 Å². The Morgan fingerprint density at radius 1 is 2.00 bits per heavy atom. The van der Waals surface area contributed by atoms with Crippen LogP contribution in [0.5, 0.6) is 0 Å². The van der Waals surface area contributed by atoms with Gasteiger partial charge in [0.25, 0.3) is 0 Å². The summed E-state index contributed by atoms with van der Waals surface area (Å²) in [6, 6.07) is 0.780. The fourth-order valence-electron chi connectivity index (χ4n) is 0.451. The second-order valence-electron chi connectivity index (χ2n) is 1.63. The molecule has 1 saturated heterocycles. The van der Waals surface area contributed by atoms with Crippen LogP contribution in [0.1, 0.15) is 6.42 Å². The fraction of sp³-hybridized carbons (Fsp3) is 0.600. The molecule has 1 heteroatoms. The molecule has 1 atom stereocenters. The molecule has 6 heavy (non-hydrogen) atoms. The maximum absolute atomic E-state index is 3.60. The Labute approximate surface area is 38.1 Å². The van der Waals surface area contributed by atoms with Gasteiger partial charge in [-0.3, -0.25) is 0 Å². The molecular weight excluding hydrogens is 74.1 g/mol. The Morgan fingerprint density at radius 2 is 2.67 bits per heavy atom. The van der Waals surface area contributed by atoms with Crippen LogP contribution in [-0.4, -0.2) is 12.6 Å². The standard InChI is InChI=1S/C5H9N/c1-2-3-5-4-6-5/h2,5-6H,1,3-4H2/t5-/m0/s1. The van der Waals surface area contributed by atoms with Crippen LogP contribution in [0.4, 0.5) is 0 Å². The minimum atomic E-state index is 0.780. The van der Waals surface area contributed by atoms with Gasteiger partial charge < -0.3 is 5.32 Å². The molecule has 34 valence electrons. The minimum Gasteiger partial charge on any atom is -0.311 e. The maximum atomic E-state index is 3.60. The molecule has 0 aromatic carbocycles.